The van der Waals surface area contributed by atoms with E-state index >= 15 is 0 Å². The number of carbonyl (C=O) groups excluding carboxylic acids is 3. The number of anilines is 1. The van der Waals surface area contributed by atoms with Gasteiger partial charge in [0.1, 0.15) is 12.3 Å². The third kappa shape index (κ3) is 3.77. The first-order valence-corrected chi connectivity index (χ1v) is 11.0. The maximum absolute atomic E-state index is 12.6. The molecule has 0 atom stereocenters. The van der Waals surface area contributed by atoms with Crippen molar-refractivity contribution in [2.24, 2.45) is 17.8 Å². The van der Waals surface area contributed by atoms with Crippen molar-refractivity contribution < 1.29 is 23.9 Å². The molecule has 5 aliphatic rings. The van der Waals surface area contributed by atoms with Gasteiger partial charge in [-0.1, -0.05) is 12.1 Å². The molecule has 7 nitrogen and oxygen atoms in total. The molecule has 1 aromatic rings. The highest BCUT2D eigenvalue weighted by molar-refractivity contribution is 5.99. The van der Waals surface area contributed by atoms with E-state index in [-0.39, 0.29) is 43.5 Å². The lowest BCUT2D eigenvalue weighted by Gasteiger charge is -2.56. The van der Waals surface area contributed by atoms with Crippen molar-refractivity contribution in [3.05, 3.63) is 24.3 Å². The number of hydrogen-bond acceptors (Lipinski definition) is 5. The number of hydrogen-bond donors (Lipinski definition) is 1. The lowest BCUT2D eigenvalue weighted by Crippen LogP contribution is -2.60. The number of ether oxygens (including phenoxy) is 2. The number of fused-ring (bicyclic) bond motifs is 1. The molecule has 0 radical (unpaired) electrons. The van der Waals surface area contributed by atoms with Gasteiger partial charge in [0, 0.05) is 5.54 Å². The summed E-state index contributed by atoms with van der Waals surface area (Å²) in [6.45, 7) is -0.264. The highest BCUT2D eigenvalue weighted by Gasteiger charge is 2.51. The smallest absolute Gasteiger partial charge is 0.326 e. The number of benzene rings is 1. The zero-order chi connectivity index (χ0) is 20.7. The first-order valence-electron chi connectivity index (χ1n) is 11.0. The van der Waals surface area contributed by atoms with Crippen LogP contribution in [0, 0.1) is 17.8 Å². The number of amides is 2. The van der Waals surface area contributed by atoms with Crippen molar-refractivity contribution in [3.8, 4) is 5.75 Å². The number of para-hydroxylation sites is 2. The number of nitrogens with one attached hydrogen (secondary N) is 1. The van der Waals surface area contributed by atoms with Crippen LogP contribution >= 0.6 is 0 Å². The summed E-state index contributed by atoms with van der Waals surface area (Å²) in [5, 5.41) is 3.20. The SMILES string of the molecule is O=C(COC(=O)CN1C(=O)CCOc2ccccc21)NC12CC3CC(CC(C3)C1)C2. The molecular weight excluding hydrogens is 384 g/mol. The Balaban J connectivity index is 1.17. The van der Waals surface area contributed by atoms with Gasteiger partial charge in [-0.15, -0.1) is 0 Å². The molecule has 1 aromatic carbocycles. The molecule has 0 spiro atoms. The van der Waals surface area contributed by atoms with E-state index in [4.69, 9.17) is 9.47 Å². The van der Waals surface area contributed by atoms with Crippen molar-refractivity contribution in [1.82, 2.24) is 5.32 Å². The largest absolute Gasteiger partial charge is 0.491 e. The molecule has 0 saturated heterocycles. The minimum Gasteiger partial charge on any atom is -0.491 e. The van der Waals surface area contributed by atoms with E-state index in [1.807, 2.05) is 6.07 Å². The second-order valence-corrected chi connectivity index (χ2v) is 9.45. The molecule has 4 bridgehead atoms. The van der Waals surface area contributed by atoms with Crippen LogP contribution in [0.2, 0.25) is 0 Å². The van der Waals surface area contributed by atoms with Crippen molar-refractivity contribution in [2.45, 2.75) is 50.5 Å². The third-order valence-corrected chi connectivity index (χ3v) is 7.12. The molecule has 1 N–H and O–H groups in total. The monoisotopic (exact) mass is 412 g/mol. The molecule has 4 fully saturated rings. The Hall–Kier alpha value is -2.57. The zero-order valence-electron chi connectivity index (χ0n) is 17.1. The van der Waals surface area contributed by atoms with Crippen LogP contribution in [0.4, 0.5) is 5.69 Å². The van der Waals surface area contributed by atoms with Crippen LogP contribution in [0.15, 0.2) is 24.3 Å². The molecule has 4 aliphatic carbocycles. The Morgan fingerprint density at radius 2 is 1.77 bits per heavy atom. The molecule has 4 saturated carbocycles. The fourth-order valence-electron chi connectivity index (χ4n) is 6.41. The third-order valence-electron chi connectivity index (χ3n) is 7.12. The molecule has 0 unspecified atom stereocenters. The maximum Gasteiger partial charge on any atom is 0.326 e. The second-order valence-electron chi connectivity index (χ2n) is 9.45. The summed E-state index contributed by atoms with van der Waals surface area (Å²) in [7, 11) is 0. The molecule has 7 heteroatoms. The predicted molar refractivity (Wildman–Crippen MR) is 109 cm³/mol. The van der Waals surface area contributed by atoms with Crippen molar-refractivity contribution >= 4 is 23.5 Å². The molecule has 1 heterocycles. The van der Waals surface area contributed by atoms with E-state index in [1.165, 1.54) is 24.2 Å². The molecule has 160 valence electrons. The van der Waals surface area contributed by atoms with Gasteiger partial charge in [-0.25, -0.2) is 0 Å². The van der Waals surface area contributed by atoms with E-state index < -0.39 is 5.97 Å². The standard InChI is InChI=1S/C23H28N2O5/c26-20(24-23-10-15-7-16(11-23)9-17(8-15)12-23)14-30-22(28)13-25-18-3-1-2-4-19(18)29-6-5-21(25)27/h1-4,15-17H,5-14H2,(H,24,26). The average molecular weight is 412 g/mol. The summed E-state index contributed by atoms with van der Waals surface area (Å²) in [5.41, 5.74) is 0.449. The Morgan fingerprint density at radius 1 is 1.10 bits per heavy atom. The summed E-state index contributed by atoms with van der Waals surface area (Å²) in [5.74, 6) is 1.73. The molecular formula is C23H28N2O5. The fourth-order valence-corrected chi connectivity index (χ4v) is 6.41. The Bertz CT molecular complexity index is 832. The zero-order valence-corrected chi connectivity index (χ0v) is 17.1. The van der Waals surface area contributed by atoms with Crippen LogP contribution < -0.4 is 15.0 Å². The van der Waals surface area contributed by atoms with Crippen LogP contribution in [0.3, 0.4) is 0 Å². The number of nitrogens with zero attached hydrogens (tertiary/aromatic N) is 1. The predicted octanol–water partition coefficient (Wildman–Crippen LogP) is 2.43. The van der Waals surface area contributed by atoms with Crippen LogP contribution in [-0.2, 0) is 19.1 Å². The summed E-state index contributed by atoms with van der Waals surface area (Å²) < 4.78 is 10.8. The summed E-state index contributed by atoms with van der Waals surface area (Å²) in [6, 6.07) is 7.12. The van der Waals surface area contributed by atoms with Gasteiger partial charge in [-0.05, 0) is 68.4 Å². The van der Waals surface area contributed by atoms with Gasteiger partial charge in [0.05, 0.1) is 18.7 Å². The summed E-state index contributed by atoms with van der Waals surface area (Å²) >= 11 is 0. The first kappa shape index (κ1) is 19.4. The Kier molecular flexibility index (Phi) is 4.91. The molecule has 2 amide bonds. The Morgan fingerprint density at radius 3 is 2.47 bits per heavy atom. The molecule has 0 aromatic heterocycles. The van der Waals surface area contributed by atoms with Gasteiger partial charge >= 0.3 is 5.97 Å². The van der Waals surface area contributed by atoms with Crippen LogP contribution in [-0.4, -0.2) is 43.1 Å². The minimum atomic E-state index is -0.597. The number of rotatable bonds is 5. The molecule has 30 heavy (non-hydrogen) atoms. The maximum atomic E-state index is 12.6. The van der Waals surface area contributed by atoms with Crippen molar-refractivity contribution in [2.75, 3.05) is 24.7 Å². The molecule has 6 rings (SSSR count). The van der Waals surface area contributed by atoms with Gasteiger partial charge < -0.3 is 14.8 Å². The summed E-state index contributed by atoms with van der Waals surface area (Å²) in [6.07, 6.45) is 7.26. The quantitative estimate of drug-likeness (QED) is 0.751. The lowest BCUT2D eigenvalue weighted by atomic mass is 9.53. The van der Waals surface area contributed by atoms with E-state index in [1.54, 1.807) is 18.2 Å². The second kappa shape index (κ2) is 7.60. The van der Waals surface area contributed by atoms with E-state index in [0.29, 0.717) is 11.4 Å². The van der Waals surface area contributed by atoms with Crippen LogP contribution in [0.5, 0.6) is 5.75 Å². The number of carbonyl (C=O) groups is 3. The first-order chi connectivity index (χ1) is 14.5. The van der Waals surface area contributed by atoms with Gasteiger partial charge in [0.25, 0.3) is 5.91 Å². The highest BCUT2D eigenvalue weighted by Crippen LogP contribution is 2.55. The van der Waals surface area contributed by atoms with Gasteiger partial charge in [0.15, 0.2) is 6.61 Å². The van der Waals surface area contributed by atoms with Crippen molar-refractivity contribution in [3.63, 3.8) is 0 Å². The van der Waals surface area contributed by atoms with E-state index in [0.717, 1.165) is 37.0 Å². The van der Waals surface area contributed by atoms with Gasteiger partial charge in [-0.2, -0.15) is 0 Å². The lowest BCUT2D eigenvalue weighted by molar-refractivity contribution is -0.149. The average Bonchev–Trinajstić information content (AvgIpc) is 2.84. The summed E-state index contributed by atoms with van der Waals surface area (Å²) in [4.78, 5) is 38.8. The van der Waals surface area contributed by atoms with Crippen molar-refractivity contribution in [1.29, 1.82) is 0 Å². The number of esters is 1. The Labute approximate surface area is 176 Å². The minimum absolute atomic E-state index is 0.102. The van der Waals surface area contributed by atoms with Crippen LogP contribution in [0.25, 0.3) is 0 Å². The fraction of sp³-hybridized carbons (Fsp3) is 0.609. The van der Waals surface area contributed by atoms with Gasteiger partial charge in [-0.3, -0.25) is 19.3 Å². The van der Waals surface area contributed by atoms with E-state index in [9.17, 15) is 14.4 Å². The van der Waals surface area contributed by atoms with Gasteiger partial charge in [0.2, 0.25) is 5.91 Å². The topological polar surface area (TPSA) is 84.9 Å². The van der Waals surface area contributed by atoms with Crippen LogP contribution in [0.1, 0.15) is 44.9 Å². The molecule has 1 aliphatic heterocycles. The van der Waals surface area contributed by atoms with E-state index in [2.05, 4.69) is 5.32 Å². The normalized spacial score (nSPS) is 31.5. The highest BCUT2D eigenvalue weighted by atomic mass is 16.5.